The van der Waals surface area contributed by atoms with Crippen LogP contribution in [-0.2, 0) is 0 Å². The van der Waals surface area contributed by atoms with Crippen LogP contribution in [0.1, 0.15) is 44.8 Å². The molecule has 0 heterocycles. The van der Waals surface area contributed by atoms with Gasteiger partial charge in [-0.15, -0.1) is 0 Å². The van der Waals surface area contributed by atoms with Crippen molar-refractivity contribution in [2.75, 3.05) is 0 Å². The maximum Gasteiger partial charge on any atom is 0.150 e. The van der Waals surface area contributed by atoms with Crippen LogP contribution < -0.4 is 9.47 Å². The number of ether oxygens (including phenoxy) is 2. The van der Waals surface area contributed by atoms with Crippen LogP contribution in [0.25, 0.3) is 0 Å². The van der Waals surface area contributed by atoms with Crippen LogP contribution in [0.5, 0.6) is 11.5 Å². The number of hydrogen-bond acceptors (Lipinski definition) is 3. The minimum absolute atomic E-state index is 0.332. The highest BCUT2D eigenvalue weighted by Crippen LogP contribution is 2.34. The molecule has 5 aromatic rings. The van der Waals surface area contributed by atoms with Crippen molar-refractivity contribution in [2.24, 2.45) is 0 Å². The normalized spacial score (nSPS) is 10.8. The molecular formula is C33H26O3. The Hall–Kier alpha value is -4.63. The van der Waals surface area contributed by atoms with Crippen LogP contribution in [0.15, 0.2) is 140 Å². The van der Waals surface area contributed by atoms with E-state index >= 15 is 0 Å². The fraction of sp³-hybridized carbons (Fsp3) is 0.0606. The fourth-order valence-electron chi connectivity index (χ4n) is 4.24. The molecule has 5 aromatic carbocycles. The summed E-state index contributed by atoms with van der Waals surface area (Å²) < 4.78 is 13.0. The fourth-order valence-corrected chi connectivity index (χ4v) is 4.24. The summed E-state index contributed by atoms with van der Waals surface area (Å²) in [7, 11) is 0. The van der Waals surface area contributed by atoms with E-state index in [0.29, 0.717) is 17.1 Å². The van der Waals surface area contributed by atoms with Crippen LogP contribution in [0.3, 0.4) is 0 Å². The molecule has 5 rings (SSSR count). The Bertz CT molecular complexity index is 1200. The second-order valence-corrected chi connectivity index (χ2v) is 8.49. The molecule has 3 nitrogen and oxygen atoms in total. The summed E-state index contributed by atoms with van der Waals surface area (Å²) in [5.74, 6) is 1.12. The second-order valence-electron chi connectivity index (χ2n) is 8.49. The molecule has 0 bridgehead atoms. The van der Waals surface area contributed by atoms with Crippen molar-refractivity contribution in [3.63, 3.8) is 0 Å². The third kappa shape index (κ3) is 5.53. The van der Waals surface area contributed by atoms with E-state index < -0.39 is 0 Å². The Labute approximate surface area is 211 Å². The average molecular weight is 471 g/mol. The Kier molecular flexibility index (Phi) is 7.19. The summed E-state index contributed by atoms with van der Waals surface area (Å²) >= 11 is 0. The van der Waals surface area contributed by atoms with E-state index in [0.717, 1.165) is 28.5 Å². The van der Waals surface area contributed by atoms with Crippen LogP contribution in [-0.4, -0.2) is 6.29 Å². The minimum Gasteiger partial charge on any atom is -0.481 e. The summed E-state index contributed by atoms with van der Waals surface area (Å²) in [5, 5.41) is 0. The zero-order chi connectivity index (χ0) is 24.6. The maximum atomic E-state index is 11.9. The number of hydrogen-bond donors (Lipinski definition) is 0. The van der Waals surface area contributed by atoms with Gasteiger partial charge in [0.05, 0.1) is 0 Å². The van der Waals surface area contributed by atoms with E-state index in [2.05, 4.69) is 0 Å². The van der Waals surface area contributed by atoms with E-state index in [1.54, 1.807) is 12.1 Å². The van der Waals surface area contributed by atoms with E-state index in [9.17, 15) is 4.79 Å². The average Bonchev–Trinajstić information content (AvgIpc) is 2.96. The smallest absolute Gasteiger partial charge is 0.150 e. The second kappa shape index (κ2) is 11.2. The van der Waals surface area contributed by atoms with Crippen LogP contribution >= 0.6 is 0 Å². The third-order valence-electron chi connectivity index (χ3n) is 5.96. The van der Waals surface area contributed by atoms with Crippen molar-refractivity contribution in [3.8, 4) is 11.5 Å². The lowest BCUT2D eigenvalue weighted by atomic mass is 10.0. The highest BCUT2D eigenvalue weighted by atomic mass is 16.5. The quantitative estimate of drug-likeness (QED) is 0.206. The third-order valence-corrected chi connectivity index (χ3v) is 5.96. The van der Waals surface area contributed by atoms with Crippen molar-refractivity contribution < 1.29 is 14.3 Å². The van der Waals surface area contributed by atoms with Crippen LogP contribution in [0, 0.1) is 0 Å². The first-order chi connectivity index (χ1) is 17.8. The molecule has 0 saturated carbocycles. The zero-order valence-electron chi connectivity index (χ0n) is 19.7. The van der Waals surface area contributed by atoms with Gasteiger partial charge in [-0.2, -0.15) is 0 Å². The minimum atomic E-state index is -0.332. The summed E-state index contributed by atoms with van der Waals surface area (Å²) in [6.07, 6.45) is 0.155. The highest BCUT2D eigenvalue weighted by molar-refractivity contribution is 5.76. The standard InChI is InChI=1S/C33H26O3/c34-24-25-21-30(35-32(26-13-5-1-6-14-26)27-15-7-2-8-16-27)23-31(22-25)36-33(28-17-9-3-10-18-28)29-19-11-4-12-20-29/h1-24,32-33H. The molecule has 0 aliphatic carbocycles. The van der Waals surface area contributed by atoms with Gasteiger partial charge in [-0.3, -0.25) is 4.79 Å². The van der Waals surface area contributed by atoms with Gasteiger partial charge in [-0.25, -0.2) is 0 Å². The van der Waals surface area contributed by atoms with Crippen molar-refractivity contribution >= 4 is 6.29 Å². The molecule has 0 aliphatic rings. The van der Waals surface area contributed by atoms with Crippen molar-refractivity contribution in [1.29, 1.82) is 0 Å². The van der Waals surface area contributed by atoms with Gasteiger partial charge in [0.2, 0.25) is 0 Å². The lowest BCUT2D eigenvalue weighted by molar-refractivity contribution is 0.112. The van der Waals surface area contributed by atoms with Gasteiger partial charge in [0.25, 0.3) is 0 Å². The van der Waals surface area contributed by atoms with Crippen LogP contribution in [0.2, 0.25) is 0 Å². The highest BCUT2D eigenvalue weighted by Gasteiger charge is 2.19. The van der Waals surface area contributed by atoms with Crippen LogP contribution in [0.4, 0.5) is 0 Å². The van der Waals surface area contributed by atoms with Gasteiger partial charge in [-0.05, 0) is 34.4 Å². The molecule has 3 heteroatoms. The van der Waals surface area contributed by atoms with Gasteiger partial charge in [0.15, 0.2) is 0 Å². The molecule has 0 radical (unpaired) electrons. The monoisotopic (exact) mass is 470 g/mol. The van der Waals surface area contributed by atoms with E-state index in [4.69, 9.17) is 9.47 Å². The van der Waals surface area contributed by atoms with Gasteiger partial charge in [-0.1, -0.05) is 121 Å². The number of aldehydes is 1. The summed E-state index contributed by atoms with van der Waals surface area (Å²) in [5.41, 5.74) is 4.58. The summed E-state index contributed by atoms with van der Waals surface area (Å²) in [6.45, 7) is 0. The molecule has 36 heavy (non-hydrogen) atoms. The maximum absolute atomic E-state index is 11.9. The molecule has 0 N–H and O–H groups in total. The first kappa shape index (κ1) is 23.1. The van der Waals surface area contributed by atoms with E-state index in [1.807, 2.05) is 127 Å². The Morgan fingerprint density at radius 2 is 0.750 bits per heavy atom. The Morgan fingerprint density at radius 1 is 0.444 bits per heavy atom. The first-order valence-electron chi connectivity index (χ1n) is 11.9. The molecule has 0 unspecified atom stereocenters. The summed E-state index contributed by atoms with van der Waals surface area (Å²) in [6, 6.07) is 45.6. The topological polar surface area (TPSA) is 35.5 Å². The SMILES string of the molecule is O=Cc1cc(OC(c2ccccc2)c2ccccc2)cc(OC(c2ccccc2)c2ccccc2)c1. The number of rotatable bonds is 9. The Balaban J connectivity index is 1.51. The molecular weight excluding hydrogens is 444 g/mol. The number of carbonyl (C=O) groups excluding carboxylic acids is 1. The van der Waals surface area contributed by atoms with Gasteiger partial charge < -0.3 is 9.47 Å². The molecule has 0 amide bonds. The molecule has 0 aromatic heterocycles. The van der Waals surface area contributed by atoms with Gasteiger partial charge in [0.1, 0.15) is 30.0 Å². The zero-order valence-corrected chi connectivity index (χ0v) is 19.7. The lowest BCUT2D eigenvalue weighted by Crippen LogP contribution is -2.11. The Morgan fingerprint density at radius 3 is 1.03 bits per heavy atom. The molecule has 0 saturated heterocycles. The molecule has 176 valence electrons. The van der Waals surface area contributed by atoms with E-state index in [1.165, 1.54) is 0 Å². The predicted octanol–water partition coefficient (Wildman–Crippen LogP) is 7.84. The van der Waals surface area contributed by atoms with Gasteiger partial charge >= 0.3 is 0 Å². The summed E-state index contributed by atoms with van der Waals surface area (Å²) in [4.78, 5) is 11.9. The molecule has 0 spiro atoms. The number of carbonyl (C=O) groups is 1. The lowest BCUT2D eigenvalue weighted by Gasteiger charge is -2.23. The van der Waals surface area contributed by atoms with Gasteiger partial charge in [0, 0.05) is 11.6 Å². The van der Waals surface area contributed by atoms with Crippen molar-refractivity contribution in [1.82, 2.24) is 0 Å². The number of benzene rings is 5. The first-order valence-corrected chi connectivity index (χ1v) is 11.9. The van der Waals surface area contributed by atoms with Crippen molar-refractivity contribution in [2.45, 2.75) is 12.2 Å². The van der Waals surface area contributed by atoms with Crippen molar-refractivity contribution in [3.05, 3.63) is 167 Å². The largest absolute Gasteiger partial charge is 0.481 e. The van der Waals surface area contributed by atoms with E-state index in [-0.39, 0.29) is 12.2 Å². The molecule has 0 aliphatic heterocycles. The molecule has 0 fully saturated rings. The molecule has 0 atom stereocenters. The predicted molar refractivity (Wildman–Crippen MR) is 143 cm³/mol.